The SMILES string of the molecule is Cn1cnc2c(C#N)c(N3CCC[C@@H](N)C3)n(Cc3ccccc3Cl)c2c1=O. The average molecular weight is 397 g/mol. The number of hydrogen-bond acceptors (Lipinski definition) is 5. The summed E-state index contributed by atoms with van der Waals surface area (Å²) in [5, 5.41) is 10.5. The lowest BCUT2D eigenvalue weighted by atomic mass is 10.1. The van der Waals surface area contributed by atoms with E-state index in [0.717, 1.165) is 24.9 Å². The molecule has 1 aromatic carbocycles. The Balaban J connectivity index is 2.00. The molecule has 144 valence electrons. The van der Waals surface area contributed by atoms with Crippen LogP contribution in [0.3, 0.4) is 0 Å². The number of piperidine rings is 1. The molecule has 1 saturated heterocycles. The van der Waals surface area contributed by atoms with Crippen molar-refractivity contribution < 1.29 is 0 Å². The van der Waals surface area contributed by atoms with Crippen LogP contribution in [0.5, 0.6) is 0 Å². The fourth-order valence-corrected chi connectivity index (χ4v) is 4.08. The van der Waals surface area contributed by atoms with Gasteiger partial charge >= 0.3 is 0 Å². The van der Waals surface area contributed by atoms with Crippen LogP contribution in [0.25, 0.3) is 11.0 Å². The molecule has 1 aliphatic heterocycles. The number of fused-ring (bicyclic) bond motifs is 1. The first kappa shape index (κ1) is 18.5. The summed E-state index contributed by atoms with van der Waals surface area (Å²) in [6.45, 7) is 1.79. The highest BCUT2D eigenvalue weighted by atomic mass is 35.5. The van der Waals surface area contributed by atoms with Crippen LogP contribution < -0.4 is 16.2 Å². The van der Waals surface area contributed by atoms with Crippen molar-refractivity contribution in [3.63, 3.8) is 0 Å². The van der Waals surface area contributed by atoms with E-state index >= 15 is 0 Å². The first-order valence-corrected chi connectivity index (χ1v) is 9.61. The summed E-state index contributed by atoms with van der Waals surface area (Å²) in [5.74, 6) is 0.698. The zero-order valence-electron chi connectivity index (χ0n) is 15.6. The van der Waals surface area contributed by atoms with Crippen LogP contribution in [0.4, 0.5) is 5.82 Å². The van der Waals surface area contributed by atoms with Gasteiger partial charge in [0.15, 0.2) is 0 Å². The molecule has 2 aromatic heterocycles. The van der Waals surface area contributed by atoms with Crippen LogP contribution in [-0.2, 0) is 13.6 Å². The minimum Gasteiger partial charge on any atom is -0.355 e. The normalized spacial score (nSPS) is 17.1. The summed E-state index contributed by atoms with van der Waals surface area (Å²) >= 11 is 6.39. The van der Waals surface area contributed by atoms with E-state index in [1.165, 1.54) is 10.9 Å². The average Bonchev–Trinajstić information content (AvgIpc) is 3.00. The van der Waals surface area contributed by atoms with E-state index in [1.807, 2.05) is 28.8 Å². The van der Waals surface area contributed by atoms with Gasteiger partial charge in [0, 0.05) is 31.2 Å². The molecule has 1 fully saturated rings. The number of hydrogen-bond donors (Lipinski definition) is 1. The van der Waals surface area contributed by atoms with Gasteiger partial charge in [-0.15, -0.1) is 0 Å². The van der Waals surface area contributed by atoms with Crippen LogP contribution in [0.2, 0.25) is 5.02 Å². The van der Waals surface area contributed by atoms with Crippen molar-refractivity contribution in [3.8, 4) is 6.07 Å². The molecule has 8 heteroatoms. The van der Waals surface area contributed by atoms with E-state index in [9.17, 15) is 10.1 Å². The molecule has 0 bridgehead atoms. The minimum atomic E-state index is -0.193. The molecule has 0 spiro atoms. The van der Waals surface area contributed by atoms with Crippen LogP contribution in [0.15, 0.2) is 35.4 Å². The van der Waals surface area contributed by atoms with Gasteiger partial charge in [-0.05, 0) is 24.5 Å². The second-order valence-corrected chi connectivity index (χ2v) is 7.60. The zero-order chi connectivity index (χ0) is 19.8. The van der Waals surface area contributed by atoms with Crippen LogP contribution in [-0.4, -0.2) is 33.2 Å². The highest BCUT2D eigenvalue weighted by molar-refractivity contribution is 6.31. The van der Waals surface area contributed by atoms with Gasteiger partial charge in [0.2, 0.25) is 0 Å². The number of halogens is 1. The Bertz CT molecular complexity index is 1140. The fourth-order valence-electron chi connectivity index (χ4n) is 3.88. The molecule has 7 nitrogen and oxygen atoms in total. The quantitative estimate of drug-likeness (QED) is 0.732. The number of rotatable bonds is 3. The molecule has 3 aromatic rings. The van der Waals surface area contributed by atoms with E-state index in [0.29, 0.717) is 40.5 Å². The molecule has 0 saturated carbocycles. The predicted molar refractivity (Wildman–Crippen MR) is 110 cm³/mol. The van der Waals surface area contributed by atoms with Crippen molar-refractivity contribution in [2.24, 2.45) is 12.8 Å². The zero-order valence-corrected chi connectivity index (χ0v) is 16.4. The lowest BCUT2D eigenvalue weighted by Crippen LogP contribution is -2.44. The smallest absolute Gasteiger partial charge is 0.277 e. The fraction of sp³-hybridized carbons (Fsp3) is 0.350. The van der Waals surface area contributed by atoms with Gasteiger partial charge in [-0.3, -0.25) is 4.79 Å². The Labute approximate surface area is 167 Å². The topological polar surface area (TPSA) is 92.9 Å². The van der Waals surface area contributed by atoms with E-state index in [-0.39, 0.29) is 11.6 Å². The van der Waals surface area contributed by atoms with Gasteiger partial charge in [0.1, 0.15) is 28.5 Å². The third-order valence-electron chi connectivity index (χ3n) is 5.25. The second kappa shape index (κ2) is 7.30. The highest BCUT2D eigenvalue weighted by Gasteiger charge is 2.28. The number of aromatic nitrogens is 3. The van der Waals surface area contributed by atoms with Crippen molar-refractivity contribution >= 4 is 28.5 Å². The number of nitrogens with two attached hydrogens (primary N) is 1. The molecule has 4 rings (SSSR count). The molecular formula is C20H21ClN6O. The van der Waals surface area contributed by atoms with Crippen molar-refractivity contribution in [2.75, 3.05) is 18.0 Å². The number of aryl methyl sites for hydroxylation is 1. The maximum Gasteiger partial charge on any atom is 0.277 e. The van der Waals surface area contributed by atoms with Crippen molar-refractivity contribution in [2.45, 2.75) is 25.4 Å². The number of nitriles is 1. The first-order valence-electron chi connectivity index (χ1n) is 9.23. The maximum absolute atomic E-state index is 13.0. The minimum absolute atomic E-state index is 0.0304. The summed E-state index contributed by atoms with van der Waals surface area (Å²) < 4.78 is 3.31. The molecule has 0 radical (unpaired) electrons. The summed E-state index contributed by atoms with van der Waals surface area (Å²) in [4.78, 5) is 19.5. The van der Waals surface area contributed by atoms with Crippen molar-refractivity contribution in [1.29, 1.82) is 5.26 Å². The molecule has 28 heavy (non-hydrogen) atoms. The lowest BCUT2D eigenvalue weighted by Gasteiger charge is -2.33. The van der Waals surface area contributed by atoms with E-state index in [4.69, 9.17) is 17.3 Å². The lowest BCUT2D eigenvalue weighted by molar-refractivity contribution is 0.498. The van der Waals surface area contributed by atoms with E-state index in [2.05, 4.69) is 16.0 Å². The number of benzene rings is 1. The molecule has 1 aliphatic rings. The molecule has 3 heterocycles. The third kappa shape index (κ3) is 3.05. The van der Waals surface area contributed by atoms with Crippen LogP contribution >= 0.6 is 11.6 Å². The Morgan fingerprint density at radius 3 is 2.89 bits per heavy atom. The largest absolute Gasteiger partial charge is 0.355 e. The van der Waals surface area contributed by atoms with Crippen LogP contribution in [0.1, 0.15) is 24.0 Å². The maximum atomic E-state index is 13.0. The Morgan fingerprint density at radius 1 is 1.39 bits per heavy atom. The molecule has 1 atom stereocenters. The highest BCUT2D eigenvalue weighted by Crippen LogP contribution is 2.33. The summed E-state index contributed by atoms with van der Waals surface area (Å²) in [6, 6.07) is 9.82. The number of nitrogens with zero attached hydrogens (tertiary/aromatic N) is 5. The monoisotopic (exact) mass is 396 g/mol. The summed E-state index contributed by atoms with van der Waals surface area (Å²) in [6.07, 6.45) is 3.34. The Morgan fingerprint density at radius 2 is 2.18 bits per heavy atom. The Hall–Kier alpha value is -2.82. The van der Waals surface area contributed by atoms with E-state index in [1.54, 1.807) is 7.05 Å². The van der Waals surface area contributed by atoms with Gasteiger partial charge in [0.05, 0.1) is 12.9 Å². The predicted octanol–water partition coefficient (Wildman–Crippen LogP) is 2.24. The summed E-state index contributed by atoms with van der Waals surface area (Å²) in [7, 11) is 1.66. The third-order valence-corrected chi connectivity index (χ3v) is 5.62. The number of anilines is 1. The standard InChI is InChI=1S/C20H21ClN6O/c1-25-12-24-17-15(9-22)19(26-8-4-6-14(23)11-26)27(18(17)20(25)28)10-13-5-2-3-7-16(13)21/h2-3,5,7,12,14H,4,6,8,10-11,23H2,1H3/t14-/m1/s1. The molecule has 2 N–H and O–H groups in total. The molecule has 0 unspecified atom stereocenters. The Kier molecular flexibility index (Phi) is 4.84. The van der Waals surface area contributed by atoms with E-state index < -0.39 is 0 Å². The molecular weight excluding hydrogens is 376 g/mol. The van der Waals surface area contributed by atoms with Crippen LogP contribution in [0, 0.1) is 11.3 Å². The van der Waals surface area contributed by atoms with Gasteiger partial charge < -0.3 is 19.8 Å². The van der Waals surface area contributed by atoms with Gasteiger partial charge in [-0.25, -0.2) is 4.98 Å². The summed E-state index contributed by atoms with van der Waals surface area (Å²) in [5.41, 5.74) is 8.12. The molecule has 0 amide bonds. The van der Waals surface area contributed by atoms with Gasteiger partial charge in [-0.2, -0.15) is 5.26 Å². The van der Waals surface area contributed by atoms with Crippen molar-refractivity contribution in [1.82, 2.24) is 14.1 Å². The van der Waals surface area contributed by atoms with Gasteiger partial charge in [0.25, 0.3) is 5.56 Å². The van der Waals surface area contributed by atoms with Crippen molar-refractivity contribution in [3.05, 3.63) is 57.1 Å². The van der Waals surface area contributed by atoms with Gasteiger partial charge in [-0.1, -0.05) is 29.8 Å². The molecule has 0 aliphatic carbocycles. The first-order chi connectivity index (χ1) is 13.5. The second-order valence-electron chi connectivity index (χ2n) is 7.19.